The highest BCUT2D eigenvalue weighted by Crippen LogP contribution is 2.34. The Morgan fingerprint density at radius 1 is 1.20 bits per heavy atom. The van der Waals surface area contributed by atoms with E-state index in [1.165, 1.54) is 0 Å². The largest absolute Gasteiger partial charge is 0.355 e. The Morgan fingerprint density at radius 3 is 2.73 bits per heavy atom. The Morgan fingerprint density at radius 2 is 2.00 bits per heavy atom. The maximum atomic E-state index is 13.5. The molecule has 1 aliphatic carbocycles. The van der Waals surface area contributed by atoms with Crippen molar-refractivity contribution in [3.8, 4) is 0 Å². The van der Waals surface area contributed by atoms with E-state index < -0.39 is 6.17 Å². The summed E-state index contributed by atoms with van der Waals surface area (Å²) in [5.74, 6) is 2.16. The molecule has 1 unspecified atom stereocenters. The van der Waals surface area contributed by atoms with Gasteiger partial charge >= 0.3 is 0 Å². The third kappa shape index (κ3) is 5.49. The number of anilines is 3. The number of hydrogen-bond donors (Lipinski definition) is 2. The van der Waals surface area contributed by atoms with Crippen LogP contribution in [0, 0.1) is 5.92 Å². The van der Waals surface area contributed by atoms with Gasteiger partial charge in [0, 0.05) is 43.9 Å². The number of alkyl halides is 1. The van der Waals surface area contributed by atoms with Crippen LogP contribution in [0.1, 0.15) is 50.4 Å². The van der Waals surface area contributed by atoms with Gasteiger partial charge < -0.3 is 20.4 Å². The molecular weight excluding hydrogens is 527 g/mol. The van der Waals surface area contributed by atoms with E-state index in [0.717, 1.165) is 97.7 Å². The second kappa shape index (κ2) is 11.7. The molecule has 5 heterocycles. The molecule has 2 aliphatic heterocycles. The minimum Gasteiger partial charge on any atom is -0.355 e. The van der Waals surface area contributed by atoms with Crippen molar-refractivity contribution in [2.75, 3.05) is 43.0 Å². The van der Waals surface area contributed by atoms with Crippen molar-refractivity contribution in [3.05, 3.63) is 47.1 Å². The number of nitrogens with one attached hydrogen (secondary N) is 2. The molecule has 1 atom stereocenters. The van der Waals surface area contributed by atoms with Gasteiger partial charge in [0.25, 0.3) is 0 Å². The van der Waals surface area contributed by atoms with Crippen molar-refractivity contribution >= 4 is 45.2 Å². The fraction of sp³-hybridized carbons (Fsp3) is 0.517. The molecule has 6 rings (SSSR count). The zero-order valence-corrected chi connectivity index (χ0v) is 24.0. The first-order valence-electron chi connectivity index (χ1n) is 14.4. The summed E-state index contributed by atoms with van der Waals surface area (Å²) < 4.78 is 15.5. The average Bonchev–Trinajstić information content (AvgIpc) is 3.63. The number of carbonyl (C=O) groups is 1. The van der Waals surface area contributed by atoms with E-state index in [1.807, 2.05) is 41.2 Å². The molecule has 40 heavy (non-hydrogen) atoms. The van der Waals surface area contributed by atoms with Crippen molar-refractivity contribution in [1.82, 2.24) is 30.2 Å². The third-order valence-electron chi connectivity index (χ3n) is 8.16. The van der Waals surface area contributed by atoms with E-state index in [9.17, 15) is 9.18 Å². The van der Waals surface area contributed by atoms with Crippen LogP contribution in [0.15, 0.2) is 35.7 Å². The summed E-state index contributed by atoms with van der Waals surface area (Å²) >= 11 is 1.55. The first kappa shape index (κ1) is 26.9. The van der Waals surface area contributed by atoms with Gasteiger partial charge in [-0.25, -0.2) is 14.4 Å². The van der Waals surface area contributed by atoms with Crippen LogP contribution in [0.25, 0.3) is 11.2 Å². The van der Waals surface area contributed by atoms with Gasteiger partial charge in [-0.15, -0.1) is 16.4 Å². The summed E-state index contributed by atoms with van der Waals surface area (Å²) in [4.78, 5) is 26.8. The second-order valence-corrected chi connectivity index (χ2v) is 11.7. The van der Waals surface area contributed by atoms with Crippen LogP contribution in [-0.4, -0.2) is 70.9 Å². The lowest BCUT2D eigenvalue weighted by molar-refractivity contribution is -0.126. The lowest BCUT2D eigenvalue weighted by Gasteiger charge is -2.34. The van der Waals surface area contributed by atoms with Gasteiger partial charge in [-0.05, 0) is 69.0 Å². The maximum Gasteiger partial charge on any atom is 0.223 e. The molecule has 0 spiro atoms. The van der Waals surface area contributed by atoms with E-state index in [-0.39, 0.29) is 17.9 Å². The Hall–Kier alpha value is -3.31. The van der Waals surface area contributed by atoms with Crippen molar-refractivity contribution in [3.63, 3.8) is 0 Å². The van der Waals surface area contributed by atoms with Crippen LogP contribution in [-0.2, 0) is 11.2 Å². The van der Waals surface area contributed by atoms with E-state index >= 15 is 0 Å². The molecular formula is C29H37FN8OS. The molecule has 1 amide bonds. The Kier molecular flexibility index (Phi) is 7.84. The van der Waals surface area contributed by atoms with E-state index in [1.54, 1.807) is 17.4 Å². The number of allylic oxidation sites excluding steroid dienone is 4. The van der Waals surface area contributed by atoms with Gasteiger partial charge in [-0.2, -0.15) is 4.52 Å². The Labute approximate surface area is 238 Å². The fourth-order valence-electron chi connectivity index (χ4n) is 5.78. The standard InChI is InChI=1S/C29H37FN8OS/c1-3-23-28(36(2)29-34-24(18-40-29)19-4-6-21(30)7-5-19)38-25(33-23)8-9-26(35-38)37-16-12-22(13-17-37)32-27(39)20-10-14-31-15-11-20/h4-6,8-9,18,20-22,31H,3,7,10-17H2,1-2H3,(H,32,39). The monoisotopic (exact) mass is 564 g/mol. The first-order chi connectivity index (χ1) is 19.5. The average molecular weight is 565 g/mol. The molecule has 2 N–H and O–H groups in total. The molecule has 0 saturated carbocycles. The zero-order valence-electron chi connectivity index (χ0n) is 23.1. The number of amides is 1. The Balaban J connectivity index is 1.17. The number of halogens is 1. The quantitative estimate of drug-likeness (QED) is 0.443. The lowest BCUT2D eigenvalue weighted by atomic mass is 9.96. The summed E-state index contributed by atoms with van der Waals surface area (Å²) in [5.41, 5.74) is 3.57. The molecule has 9 nitrogen and oxygen atoms in total. The van der Waals surface area contributed by atoms with Gasteiger partial charge in [0.1, 0.15) is 12.0 Å². The van der Waals surface area contributed by atoms with E-state index in [2.05, 4.69) is 27.4 Å². The number of thiazole rings is 1. The number of aromatic nitrogens is 4. The first-order valence-corrected chi connectivity index (χ1v) is 15.2. The topological polar surface area (TPSA) is 90.7 Å². The van der Waals surface area contributed by atoms with Crippen LogP contribution in [0.2, 0.25) is 0 Å². The number of nitrogens with zero attached hydrogens (tertiary/aromatic N) is 6. The van der Waals surface area contributed by atoms with Crippen LogP contribution >= 0.6 is 11.3 Å². The molecule has 11 heteroatoms. The Bertz CT molecular complexity index is 1420. The van der Waals surface area contributed by atoms with Gasteiger partial charge in [0.2, 0.25) is 5.91 Å². The normalized spacial score (nSPS) is 20.6. The fourth-order valence-corrected chi connectivity index (χ4v) is 6.58. The molecule has 3 aromatic rings. The highest BCUT2D eigenvalue weighted by Gasteiger charge is 2.27. The predicted molar refractivity (Wildman–Crippen MR) is 158 cm³/mol. The van der Waals surface area contributed by atoms with Crippen molar-refractivity contribution < 1.29 is 9.18 Å². The number of fused-ring (bicyclic) bond motifs is 1. The third-order valence-corrected chi connectivity index (χ3v) is 9.08. The van der Waals surface area contributed by atoms with Crippen molar-refractivity contribution in [2.45, 2.75) is 57.7 Å². The summed E-state index contributed by atoms with van der Waals surface area (Å²) in [6.45, 7) is 5.63. The predicted octanol–water partition coefficient (Wildman–Crippen LogP) is 4.28. The van der Waals surface area contributed by atoms with Gasteiger partial charge in [0.15, 0.2) is 16.6 Å². The maximum absolute atomic E-state index is 13.5. The highest BCUT2D eigenvalue weighted by atomic mass is 32.1. The van der Waals surface area contributed by atoms with Crippen LogP contribution < -0.4 is 20.4 Å². The van der Waals surface area contributed by atoms with Crippen molar-refractivity contribution in [1.29, 1.82) is 0 Å². The summed E-state index contributed by atoms with van der Waals surface area (Å²) in [5, 5.41) is 14.5. The minimum absolute atomic E-state index is 0.139. The minimum atomic E-state index is -0.918. The van der Waals surface area contributed by atoms with E-state index in [0.29, 0.717) is 6.42 Å². The molecule has 0 aromatic carbocycles. The van der Waals surface area contributed by atoms with Crippen molar-refractivity contribution in [2.24, 2.45) is 5.92 Å². The lowest BCUT2D eigenvalue weighted by Crippen LogP contribution is -2.48. The number of aryl methyl sites for hydroxylation is 1. The van der Waals surface area contributed by atoms with Gasteiger partial charge in [-0.1, -0.05) is 19.1 Å². The zero-order chi connectivity index (χ0) is 27.6. The van der Waals surface area contributed by atoms with Crippen LogP contribution in [0.4, 0.5) is 21.2 Å². The molecule has 3 aromatic heterocycles. The molecule has 0 bridgehead atoms. The molecule has 212 valence electrons. The van der Waals surface area contributed by atoms with Gasteiger partial charge in [0.05, 0.1) is 11.4 Å². The number of piperidine rings is 2. The SMILES string of the molecule is CCc1nc2ccc(N3CCC(NC(=O)C4CCNCC4)CC3)nn2c1N(C)c1nc(C2=CCC(F)C=C2)cs1. The van der Waals surface area contributed by atoms with Gasteiger partial charge in [-0.3, -0.25) is 4.79 Å². The number of imidazole rings is 1. The molecule has 2 saturated heterocycles. The summed E-state index contributed by atoms with van der Waals surface area (Å²) in [7, 11) is 2.00. The molecule has 0 radical (unpaired) electrons. The highest BCUT2D eigenvalue weighted by molar-refractivity contribution is 7.13. The second-order valence-electron chi connectivity index (χ2n) is 10.8. The van der Waals surface area contributed by atoms with Crippen LogP contribution in [0.5, 0.6) is 0 Å². The molecule has 2 fully saturated rings. The smallest absolute Gasteiger partial charge is 0.223 e. The summed E-state index contributed by atoms with van der Waals surface area (Å²) in [6, 6.07) is 4.29. The van der Waals surface area contributed by atoms with E-state index in [4.69, 9.17) is 15.1 Å². The summed E-state index contributed by atoms with van der Waals surface area (Å²) in [6.07, 6.45) is 9.21. The molecule has 3 aliphatic rings. The van der Waals surface area contributed by atoms with Crippen LogP contribution in [0.3, 0.4) is 0 Å². The number of hydrogen-bond acceptors (Lipinski definition) is 8. The number of carbonyl (C=O) groups excluding carboxylic acids is 1. The number of rotatable bonds is 7.